The Kier molecular flexibility index (Phi) is 5.35. The summed E-state index contributed by atoms with van der Waals surface area (Å²) in [6.07, 6.45) is 4.60. The maximum atomic E-state index is 11.7. The lowest BCUT2D eigenvalue weighted by Crippen LogP contribution is -2.43. The lowest BCUT2D eigenvalue weighted by molar-refractivity contribution is -0.121. The molecule has 106 valence electrons. The van der Waals surface area contributed by atoms with E-state index in [-0.39, 0.29) is 11.9 Å². The maximum Gasteiger partial charge on any atom is 0.234 e. The zero-order valence-electron chi connectivity index (χ0n) is 11.4. The molecule has 2 heterocycles. The van der Waals surface area contributed by atoms with Crippen molar-refractivity contribution in [2.24, 2.45) is 7.05 Å². The van der Waals surface area contributed by atoms with Gasteiger partial charge in [0.2, 0.25) is 5.91 Å². The lowest BCUT2D eigenvalue weighted by Gasteiger charge is -2.23. The van der Waals surface area contributed by atoms with Gasteiger partial charge in [-0.3, -0.25) is 9.48 Å². The summed E-state index contributed by atoms with van der Waals surface area (Å²) in [6.45, 7) is 2.62. The van der Waals surface area contributed by atoms with E-state index in [0.29, 0.717) is 6.54 Å². The number of hydrogen-bond donors (Lipinski definition) is 2. The van der Waals surface area contributed by atoms with Gasteiger partial charge in [0.05, 0.1) is 12.2 Å². The standard InChI is InChI=1S/C13H22N4O2/c1-17-7-3-12(16-17)2-6-14-10-13(18)15-11-4-8-19-9-5-11/h3,7,11,14H,2,4-6,8-10H2,1H3,(H,15,18). The van der Waals surface area contributed by atoms with Crippen molar-refractivity contribution < 1.29 is 9.53 Å². The molecule has 2 rings (SSSR count). The van der Waals surface area contributed by atoms with Gasteiger partial charge in [-0.15, -0.1) is 0 Å². The van der Waals surface area contributed by atoms with E-state index in [2.05, 4.69) is 15.7 Å². The van der Waals surface area contributed by atoms with Crippen molar-refractivity contribution in [2.75, 3.05) is 26.3 Å². The fraction of sp³-hybridized carbons (Fsp3) is 0.692. The maximum absolute atomic E-state index is 11.7. The van der Waals surface area contributed by atoms with Crippen LogP contribution < -0.4 is 10.6 Å². The summed E-state index contributed by atoms with van der Waals surface area (Å²) in [5, 5.41) is 10.4. The molecule has 0 spiro atoms. The summed E-state index contributed by atoms with van der Waals surface area (Å²) < 4.78 is 7.04. The first-order valence-corrected chi connectivity index (χ1v) is 6.80. The van der Waals surface area contributed by atoms with Crippen LogP contribution in [0.15, 0.2) is 12.3 Å². The minimum atomic E-state index is 0.0629. The van der Waals surface area contributed by atoms with Crippen LogP contribution in [-0.2, 0) is 23.0 Å². The van der Waals surface area contributed by atoms with Crippen LogP contribution in [0.25, 0.3) is 0 Å². The van der Waals surface area contributed by atoms with Gasteiger partial charge in [-0.05, 0) is 18.9 Å². The van der Waals surface area contributed by atoms with Crippen molar-refractivity contribution in [3.05, 3.63) is 18.0 Å². The van der Waals surface area contributed by atoms with Crippen LogP contribution in [-0.4, -0.2) is 48.0 Å². The van der Waals surface area contributed by atoms with Crippen molar-refractivity contribution in [3.8, 4) is 0 Å². The summed E-state index contributed by atoms with van der Waals surface area (Å²) >= 11 is 0. The highest BCUT2D eigenvalue weighted by molar-refractivity contribution is 5.78. The van der Waals surface area contributed by atoms with Gasteiger partial charge in [0.1, 0.15) is 0 Å². The monoisotopic (exact) mass is 266 g/mol. The Morgan fingerprint density at radius 2 is 2.32 bits per heavy atom. The van der Waals surface area contributed by atoms with E-state index < -0.39 is 0 Å². The fourth-order valence-corrected chi connectivity index (χ4v) is 2.14. The van der Waals surface area contributed by atoms with Crippen LogP contribution in [0, 0.1) is 0 Å². The molecule has 0 radical (unpaired) electrons. The minimum absolute atomic E-state index is 0.0629. The van der Waals surface area contributed by atoms with Gasteiger partial charge >= 0.3 is 0 Å². The molecule has 6 heteroatoms. The molecule has 1 aliphatic heterocycles. The van der Waals surface area contributed by atoms with Gasteiger partial charge in [-0.2, -0.15) is 5.10 Å². The molecule has 1 aromatic rings. The topological polar surface area (TPSA) is 68.2 Å². The Hall–Kier alpha value is -1.40. The Morgan fingerprint density at radius 3 is 3.00 bits per heavy atom. The molecule has 0 atom stereocenters. The number of ether oxygens (including phenoxy) is 1. The Morgan fingerprint density at radius 1 is 1.53 bits per heavy atom. The summed E-state index contributed by atoms with van der Waals surface area (Å²) in [7, 11) is 1.90. The van der Waals surface area contributed by atoms with Gasteiger partial charge in [-0.1, -0.05) is 0 Å². The van der Waals surface area contributed by atoms with Gasteiger partial charge in [0.15, 0.2) is 0 Å². The number of amides is 1. The number of carbonyl (C=O) groups excluding carboxylic acids is 1. The molecule has 0 bridgehead atoms. The highest BCUT2D eigenvalue weighted by atomic mass is 16.5. The van der Waals surface area contributed by atoms with Gasteiger partial charge in [-0.25, -0.2) is 0 Å². The number of aromatic nitrogens is 2. The molecule has 2 N–H and O–H groups in total. The molecule has 6 nitrogen and oxygen atoms in total. The molecule has 0 unspecified atom stereocenters. The second-order valence-electron chi connectivity index (χ2n) is 4.86. The zero-order chi connectivity index (χ0) is 13.5. The molecule has 1 fully saturated rings. The predicted molar refractivity (Wildman–Crippen MR) is 71.8 cm³/mol. The zero-order valence-corrected chi connectivity index (χ0v) is 11.4. The highest BCUT2D eigenvalue weighted by Gasteiger charge is 2.15. The van der Waals surface area contributed by atoms with Crippen molar-refractivity contribution in [1.29, 1.82) is 0 Å². The quantitative estimate of drug-likeness (QED) is 0.703. The third-order valence-corrected chi connectivity index (χ3v) is 3.20. The molecule has 0 saturated carbocycles. The number of nitrogens with zero attached hydrogens (tertiary/aromatic N) is 2. The average Bonchev–Trinajstić information content (AvgIpc) is 2.82. The van der Waals surface area contributed by atoms with Crippen LogP contribution in [0.5, 0.6) is 0 Å². The molecule has 1 aliphatic rings. The molecule has 19 heavy (non-hydrogen) atoms. The number of carbonyl (C=O) groups is 1. The van der Waals surface area contributed by atoms with Gasteiger partial charge < -0.3 is 15.4 Å². The number of rotatable bonds is 6. The van der Waals surface area contributed by atoms with E-state index in [4.69, 9.17) is 4.74 Å². The normalized spacial score (nSPS) is 16.5. The minimum Gasteiger partial charge on any atom is -0.381 e. The first kappa shape index (κ1) is 14.0. The summed E-state index contributed by atoms with van der Waals surface area (Å²) in [4.78, 5) is 11.7. The first-order valence-electron chi connectivity index (χ1n) is 6.80. The average molecular weight is 266 g/mol. The third kappa shape index (κ3) is 5.00. The van der Waals surface area contributed by atoms with Crippen molar-refractivity contribution in [3.63, 3.8) is 0 Å². The van der Waals surface area contributed by atoms with E-state index in [0.717, 1.165) is 44.7 Å². The second kappa shape index (κ2) is 7.25. The third-order valence-electron chi connectivity index (χ3n) is 3.20. The van der Waals surface area contributed by atoms with Crippen LogP contribution in [0.1, 0.15) is 18.5 Å². The molecular weight excluding hydrogens is 244 g/mol. The Labute approximate surface area is 113 Å². The molecule has 1 aromatic heterocycles. The number of aryl methyl sites for hydroxylation is 1. The molecule has 1 saturated heterocycles. The van der Waals surface area contributed by atoms with Gasteiger partial charge in [0.25, 0.3) is 0 Å². The van der Waals surface area contributed by atoms with Crippen LogP contribution in [0.4, 0.5) is 0 Å². The highest BCUT2D eigenvalue weighted by Crippen LogP contribution is 2.05. The van der Waals surface area contributed by atoms with Gasteiger partial charge in [0, 0.05) is 45.5 Å². The fourth-order valence-electron chi connectivity index (χ4n) is 2.14. The van der Waals surface area contributed by atoms with Crippen LogP contribution in [0.2, 0.25) is 0 Å². The molecule has 0 aliphatic carbocycles. The van der Waals surface area contributed by atoms with E-state index in [1.807, 2.05) is 19.3 Å². The Balaban J connectivity index is 1.56. The lowest BCUT2D eigenvalue weighted by atomic mass is 10.1. The Bertz CT molecular complexity index is 399. The predicted octanol–water partition coefficient (Wildman–Crippen LogP) is -0.153. The second-order valence-corrected chi connectivity index (χ2v) is 4.86. The van der Waals surface area contributed by atoms with E-state index in [1.54, 1.807) is 4.68 Å². The first-order chi connectivity index (χ1) is 9.24. The van der Waals surface area contributed by atoms with Crippen LogP contribution >= 0.6 is 0 Å². The van der Waals surface area contributed by atoms with Crippen molar-refractivity contribution >= 4 is 5.91 Å². The molecular formula is C13H22N4O2. The van der Waals surface area contributed by atoms with Crippen LogP contribution in [0.3, 0.4) is 0 Å². The molecule has 0 aromatic carbocycles. The summed E-state index contributed by atoms with van der Waals surface area (Å²) in [5.74, 6) is 0.0629. The number of nitrogens with one attached hydrogen (secondary N) is 2. The smallest absolute Gasteiger partial charge is 0.234 e. The van der Waals surface area contributed by atoms with E-state index in [1.165, 1.54) is 0 Å². The SMILES string of the molecule is Cn1ccc(CCNCC(=O)NC2CCOCC2)n1. The number of hydrogen-bond acceptors (Lipinski definition) is 4. The summed E-state index contributed by atoms with van der Waals surface area (Å²) in [5.41, 5.74) is 1.04. The summed E-state index contributed by atoms with van der Waals surface area (Å²) in [6, 6.07) is 2.27. The van der Waals surface area contributed by atoms with E-state index in [9.17, 15) is 4.79 Å². The van der Waals surface area contributed by atoms with Crippen molar-refractivity contribution in [2.45, 2.75) is 25.3 Å². The van der Waals surface area contributed by atoms with E-state index >= 15 is 0 Å². The largest absolute Gasteiger partial charge is 0.381 e. The molecule has 1 amide bonds. The van der Waals surface area contributed by atoms with Crippen molar-refractivity contribution in [1.82, 2.24) is 20.4 Å².